The maximum absolute atomic E-state index is 12.4. The third kappa shape index (κ3) is 4.54. The number of hydrogen-bond acceptors (Lipinski definition) is 4. The van der Waals surface area contributed by atoms with Gasteiger partial charge in [-0.15, -0.1) is 0 Å². The molecule has 2 atom stereocenters. The van der Waals surface area contributed by atoms with Gasteiger partial charge >= 0.3 is 0 Å². The SMILES string of the molecule is Cc1cc([C@@H]2CCCN(C(=O)CCOC[C@@H]3CCCO3)C2)n[nH]1. The standard InChI is InChI=1S/C17H27N3O3/c1-13-10-16(19-18-13)14-4-2-7-20(11-14)17(21)6-9-22-12-15-5-3-8-23-15/h10,14-15H,2-9,11-12H2,1H3,(H,18,19)/t14-,15+/m1/s1. The number of nitrogens with zero attached hydrogens (tertiary/aromatic N) is 2. The second-order valence-corrected chi connectivity index (χ2v) is 6.61. The van der Waals surface area contributed by atoms with Crippen molar-refractivity contribution in [3.05, 3.63) is 17.5 Å². The molecule has 23 heavy (non-hydrogen) atoms. The van der Waals surface area contributed by atoms with Gasteiger partial charge in [-0.25, -0.2) is 0 Å². The van der Waals surface area contributed by atoms with Crippen LogP contribution in [0.5, 0.6) is 0 Å². The molecule has 2 fully saturated rings. The van der Waals surface area contributed by atoms with Crippen molar-refractivity contribution in [1.29, 1.82) is 0 Å². The average molecular weight is 321 g/mol. The zero-order valence-corrected chi connectivity index (χ0v) is 13.9. The summed E-state index contributed by atoms with van der Waals surface area (Å²) in [5.74, 6) is 0.541. The second-order valence-electron chi connectivity index (χ2n) is 6.61. The molecular weight excluding hydrogens is 294 g/mol. The minimum Gasteiger partial charge on any atom is -0.378 e. The molecule has 1 aromatic heterocycles. The number of piperidine rings is 1. The molecule has 0 aliphatic carbocycles. The minimum absolute atomic E-state index is 0.189. The number of aryl methyl sites for hydroxylation is 1. The molecular formula is C17H27N3O3. The summed E-state index contributed by atoms with van der Waals surface area (Å²) in [6.07, 6.45) is 5.02. The third-order valence-corrected chi connectivity index (χ3v) is 4.71. The first-order valence-corrected chi connectivity index (χ1v) is 8.71. The van der Waals surface area contributed by atoms with Crippen LogP contribution in [-0.2, 0) is 14.3 Å². The molecule has 0 unspecified atom stereocenters. The van der Waals surface area contributed by atoms with Gasteiger partial charge in [0.2, 0.25) is 5.91 Å². The first-order chi connectivity index (χ1) is 11.2. The van der Waals surface area contributed by atoms with Crippen LogP contribution in [-0.4, -0.2) is 60.0 Å². The number of carbonyl (C=O) groups excluding carboxylic acids is 1. The fourth-order valence-electron chi connectivity index (χ4n) is 3.40. The molecule has 6 heteroatoms. The number of aromatic nitrogens is 2. The first-order valence-electron chi connectivity index (χ1n) is 8.71. The molecule has 3 rings (SSSR count). The van der Waals surface area contributed by atoms with Gasteiger partial charge in [-0.1, -0.05) is 0 Å². The summed E-state index contributed by atoms with van der Waals surface area (Å²) in [6, 6.07) is 2.09. The molecule has 0 spiro atoms. The normalized spacial score (nSPS) is 25.0. The summed E-state index contributed by atoms with van der Waals surface area (Å²) in [5.41, 5.74) is 2.15. The van der Waals surface area contributed by atoms with Crippen molar-refractivity contribution in [2.75, 3.05) is 32.9 Å². The monoisotopic (exact) mass is 321 g/mol. The van der Waals surface area contributed by atoms with Crippen molar-refractivity contribution >= 4 is 5.91 Å². The highest BCUT2D eigenvalue weighted by molar-refractivity contribution is 5.76. The summed E-state index contributed by atoms with van der Waals surface area (Å²) in [7, 11) is 0. The quantitative estimate of drug-likeness (QED) is 0.814. The molecule has 128 valence electrons. The van der Waals surface area contributed by atoms with E-state index in [4.69, 9.17) is 9.47 Å². The molecule has 2 aliphatic heterocycles. The number of amides is 1. The molecule has 3 heterocycles. The van der Waals surface area contributed by atoms with Crippen LogP contribution in [0, 0.1) is 6.92 Å². The molecule has 1 amide bonds. The third-order valence-electron chi connectivity index (χ3n) is 4.71. The van der Waals surface area contributed by atoms with Gasteiger partial charge in [0.25, 0.3) is 0 Å². The number of ether oxygens (including phenoxy) is 2. The van der Waals surface area contributed by atoms with E-state index in [1.165, 1.54) is 0 Å². The van der Waals surface area contributed by atoms with Crippen molar-refractivity contribution in [2.24, 2.45) is 0 Å². The van der Waals surface area contributed by atoms with E-state index < -0.39 is 0 Å². The van der Waals surface area contributed by atoms with E-state index in [1.807, 2.05) is 11.8 Å². The molecule has 1 aromatic rings. The van der Waals surface area contributed by atoms with Crippen LogP contribution in [0.3, 0.4) is 0 Å². The van der Waals surface area contributed by atoms with Gasteiger partial charge in [-0.3, -0.25) is 9.89 Å². The molecule has 6 nitrogen and oxygen atoms in total. The van der Waals surface area contributed by atoms with Crippen LogP contribution in [0.25, 0.3) is 0 Å². The Morgan fingerprint density at radius 1 is 1.48 bits per heavy atom. The van der Waals surface area contributed by atoms with Gasteiger partial charge in [0.15, 0.2) is 0 Å². The van der Waals surface area contributed by atoms with Crippen molar-refractivity contribution in [3.63, 3.8) is 0 Å². The van der Waals surface area contributed by atoms with E-state index in [0.717, 1.165) is 56.8 Å². The predicted molar refractivity (Wildman–Crippen MR) is 86.3 cm³/mol. The van der Waals surface area contributed by atoms with Crippen LogP contribution in [0.4, 0.5) is 0 Å². The van der Waals surface area contributed by atoms with Crippen molar-refractivity contribution in [3.8, 4) is 0 Å². The Kier molecular flexibility index (Phi) is 5.67. The maximum Gasteiger partial charge on any atom is 0.224 e. The Morgan fingerprint density at radius 2 is 2.39 bits per heavy atom. The summed E-state index contributed by atoms with van der Waals surface area (Å²) >= 11 is 0. The maximum atomic E-state index is 12.4. The highest BCUT2D eigenvalue weighted by atomic mass is 16.5. The lowest BCUT2D eigenvalue weighted by Gasteiger charge is -2.32. The Bertz CT molecular complexity index is 511. The predicted octanol–water partition coefficient (Wildman–Crippen LogP) is 2.01. The van der Waals surface area contributed by atoms with E-state index >= 15 is 0 Å². The molecule has 0 bridgehead atoms. The highest BCUT2D eigenvalue weighted by Gasteiger charge is 2.26. The molecule has 2 saturated heterocycles. The van der Waals surface area contributed by atoms with Gasteiger partial charge in [0, 0.05) is 31.3 Å². The zero-order valence-electron chi connectivity index (χ0n) is 13.9. The summed E-state index contributed by atoms with van der Waals surface area (Å²) < 4.78 is 11.1. The van der Waals surface area contributed by atoms with Crippen molar-refractivity contribution in [1.82, 2.24) is 15.1 Å². The number of H-pyrrole nitrogens is 1. The Morgan fingerprint density at radius 3 is 3.13 bits per heavy atom. The van der Waals surface area contributed by atoms with Gasteiger partial charge in [-0.2, -0.15) is 5.10 Å². The minimum atomic E-state index is 0.189. The Balaban J connectivity index is 1.40. The molecule has 0 aromatic carbocycles. The van der Waals surface area contributed by atoms with Gasteiger partial charge in [0.05, 0.1) is 31.4 Å². The van der Waals surface area contributed by atoms with E-state index in [2.05, 4.69) is 16.3 Å². The molecule has 2 aliphatic rings. The topological polar surface area (TPSA) is 67.5 Å². The molecule has 0 saturated carbocycles. The van der Waals surface area contributed by atoms with Crippen LogP contribution >= 0.6 is 0 Å². The number of carbonyl (C=O) groups is 1. The summed E-state index contributed by atoms with van der Waals surface area (Å²) in [4.78, 5) is 14.3. The molecule has 0 radical (unpaired) electrons. The fourth-order valence-corrected chi connectivity index (χ4v) is 3.40. The van der Waals surface area contributed by atoms with Gasteiger partial charge < -0.3 is 14.4 Å². The number of hydrogen-bond donors (Lipinski definition) is 1. The zero-order chi connectivity index (χ0) is 16.1. The number of nitrogens with one attached hydrogen (secondary N) is 1. The van der Waals surface area contributed by atoms with E-state index in [1.54, 1.807) is 0 Å². The fraction of sp³-hybridized carbons (Fsp3) is 0.765. The van der Waals surface area contributed by atoms with E-state index in [0.29, 0.717) is 25.6 Å². The lowest BCUT2D eigenvalue weighted by molar-refractivity contribution is -0.133. The lowest BCUT2D eigenvalue weighted by Crippen LogP contribution is -2.39. The summed E-state index contributed by atoms with van der Waals surface area (Å²) in [5, 5.41) is 7.34. The van der Waals surface area contributed by atoms with Crippen molar-refractivity contribution < 1.29 is 14.3 Å². The van der Waals surface area contributed by atoms with E-state index in [-0.39, 0.29) is 12.0 Å². The lowest BCUT2D eigenvalue weighted by atomic mass is 9.94. The largest absolute Gasteiger partial charge is 0.378 e. The average Bonchev–Trinajstić information content (AvgIpc) is 3.23. The van der Waals surface area contributed by atoms with Gasteiger partial charge in [0.1, 0.15) is 0 Å². The molecule has 1 N–H and O–H groups in total. The van der Waals surface area contributed by atoms with Crippen LogP contribution in [0.1, 0.15) is 49.4 Å². The van der Waals surface area contributed by atoms with Gasteiger partial charge in [-0.05, 0) is 38.7 Å². The van der Waals surface area contributed by atoms with Crippen LogP contribution in [0.15, 0.2) is 6.07 Å². The summed E-state index contributed by atoms with van der Waals surface area (Å²) in [6.45, 7) is 5.57. The van der Waals surface area contributed by atoms with Crippen LogP contribution < -0.4 is 0 Å². The Hall–Kier alpha value is -1.40. The number of aromatic amines is 1. The van der Waals surface area contributed by atoms with E-state index in [9.17, 15) is 4.79 Å². The van der Waals surface area contributed by atoms with Crippen molar-refractivity contribution in [2.45, 2.75) is 51.0 Å². The second kappa shape index (κ2) is 7.93. The highest BCUT2D eigenvalue weighted by Crippen LogP contribution is 2.26. The first kappa shape index (κ1) is 16.5. The number of likely N-dealkylation sites (tertiary alicyclic amines) is 1. The number of rotatable bonds is 6. The Labute approximate surface area is 137 Å². The van der Waals surface area contributed by atoms with Crippen LogP contribution in [0.2, 0.25) is 0 Å². The smallest absolute Gasteiger partial charge is 0.224 e.